The van der Waals surface area contributed by atoms with Gasteiger partial charge in [0.15, 0.2) is 22.4 Å². The fraction of sp³-hybridized carbons (Fsp3) is 0.759. The van der Waals surface area contributed by atoms with Crippen LogP contribution in [0.2, 0.25) is 36.3 Å². The molecule has 0 amide bonds. The Morgan fingerprint density at radius 2 is 1.28 bits per heavy atom. The molecule has 0 saturated carbocycles. The normalized spacial score (nSPS) is 15.8. The maximum absolute atomic E-state index is 13.0. The highest BCUT2D eigenvalue weighted by atomic mass is 28.4. The first kappa shape index (κ1) is 33.0. The number of Topliss-reactive ketones (excluding diaryl/α,β-unsaturated/α-hetero) is 1. The van der Waals surface area contributed by atoms with Crippen molar-refractivity contribution in [2.45, 2.75) is 130 Å². The molecule has 0 spiro atoms. The van der Waals surface area contributed by atoms with E-state index in [0.29, 0.717) is 6.61 Å². The van der Waals surface area contributed by atoms with Crippen LogP contribution >= 0.6 is 0 Å². The molecule has 0 radical (unpaired) electrons. The van der Waals surface area contributed by atoms with E-state index in [1.165, 1.54) is 0 Å². The molecule has 7 heteroatoms. The van der Waals surface area contributed by atoms with Crippen molar-refractivity contribution in [2.24, 2.45) is 5.92 Å². The van der Waals surface area contributed by atoms with Gasteiger partial charge in [0.25, 0.3) is 0 Å². The molecule has 1 rings (SSSR count). The molecule has 0 bridgehead atoms. The Balaban J connectivity index is 3.18. The van der Waals surface area contributed by atoms with Crippen molar-refractivity contribution in [3.63, 3.8) is 0 Å². The number of hydrogen-bond acceptors (Lipinski definition) is 5. The highest BCUT2D eigenvalue weighted by molar-refractivity contribution is 6.74. The van der Waals surface area contributed by atoms with E-state index in [0.717, 1.165) is 54.0 Å². The van der Waals surface area contributed by atoms with Crippen LogP contribution in [0.15, 0.2) is 24.3 Å². The third kappa shape index (κ3) is 9.39. The summed E-state index contributed by atoms with van der Waals surface area (Å²) >= 11 is 0. The van der Waals surface area contributed by atoms with Gasteiger partial charge in [-0.05, 0) is 80.1 Å². The molecular formula is C29H54O5Si2. The molecule has 4 atom stereocenters. The zero-order valence-corrected chi connectivity index (χ0v) is 26.8. The highest BCUT2D eigenvalue weighted by Gasteiger charge is 2.41. The molecule has 0 saturated heterocycles. The lowest BCUT2D eigenvalue weighted by molar-refractivity contribution is -0.140. The number of carbonyl (C=O) groups is 1. The molecule has 0 fully saturated rings. The first-order valence-corrected chi connectivity index (χ1v) is 19.2. The molecule has 36 heavy (non-hydrogen) atoms. The van der Waals surface area contributed by atoms with Crippen molar-refractivity contribution in [3.05, 3.63) is 29.8 Å². The van der Waals surface area contributed by atoms with E-state index in [4.69, 9.17) is 18.3 Å². The summed E-state index contributed by atoms with van der Waals surface area (Å²) in [5.41, 5.74) is 1.01. The van der Waals surface area contributed by atoms with Gasteiger partial charge in [0.1, 0.15) is 11.9 Å². The third-order valence-electron chi connectivity index (χ3n) is 8.26. The van der Waals surface area contributed by atoms with E-state index < -0.39 is 22.7 Å². The van der Waals surface area contributed by atoms with E-state index in [2.05, 4.69) is 55.4 Å². The van der Waals surface area contributed by atoms with E-state index in [1.807, 2.05) is 24.3 Å². The largest absolute Gasteiger partial charge is 0.497 e. The lowest BCUT2D eigenvalue weighted by atomic mass is 9.92. The SMILES string of the molecule is CC[Si](CC)(CC)OC(C)CC(C)C(O[Si](CC)(CC)CC)C(OCc1ccc(OC)cc1)C(C)=O. The van der Waals surface area contributed by atoms with E-state index >= 15 is 0 Å². The zero-order valence-electron chi connectivity index (χ0n) is 24.8. The van der Waals surface area contributed by atoms with Crippen LogP contribution in [0.25, 0.3) is 0 Å². The molecule has 5 nitrogen and oxygen atoms in total. The van der Waals surface area contributed by atoms with Crippen LogP contribution in [-0.2, 0) is 25.0 Å². The van der Waals surface area contributed by atoms with Crippen LogP contribution in [0.3, 0.4) is 0 Å². The van der Waals surface area contributed by atoms with E-state index in [-0.39, 0.29) is 23.9 Å². The maximum atomic E-state index is 13.0. The topological polar surface area (TPSA) is 54.0 Å². The van der Waals surface area contributed by atoms with Gasteiger partial charge in [-0.3, -0.25) is 4.79 Å². The van der Waals surface area contributed by atoms with Gasteiger partial charge in [0.05, 0.1) is 19.8 Å². The van der Waals surface area contributed by atoms with Crippen LogP contribution in [0, 0.1) is 5.92 Å². The molecule has 0 aliphatic carbocycles. The summed E-state index contributed by atoms with van der Waals surface area (Å²) in [6.07, 6.45) is 0.111. The highest BCUT2D eigenvalue weighted by Crippen LogP contribution is 2.32. The first-order chi connectivity index (χ1) is 17.1. The average Bonchev–Trinajstić information content (AvgIpc) is 2.89. The van der Waals surface area contributed by atoms with Gasteiger partial charge < -0.3 is 18.3 Å². The number of rotatable bonds is 19. The molecule has 1 aromatic carbocycles. The maximum Gasteiger partial charge on any atom is 0.192 e. The Hall–Kier alpha value is -0.996. The molecule has 0 aliphatic rings. The smallest absolute Gasteiger partial charge is 0.192 e. The van der Waals surface area contributed by atoms with Gasteiger partial charge in [0, 0.05) is 6.10 Å². The van der Waals surface area contributed by atoms with Gasteiger partial charge in [0.2, 0.25) is 0 Å². The summed E-state index contributed by atoms with van der Waals surface area (Å²) < 4.78 is 25.4. The van der Waals surface area contributed by atoms with Crippen LogP contribution in [0.1, 0.15) is 74.3 Å². The average molecular weight is 539 g/mol. The molecular weight excluding hydrogens is 484 g/mol. The lowest BCUT2D eigenvalue weighted by Crippen LogP contribution is -2.50. The van der Waals surface area contributed by atoms with Crippen molar-refractivity contribution >= 4 is 22.4 Å². The van der Waals surface area contributed by atoms with Crippen LogP contribution in [0.4, 0.5) is 0 Å². The second-order valence-corrected chi connectivity index (χ2v) is 19.8. The molecule has 0 aromatic heterocycles. The Morgan fingerprint density at radius 3 is 1.69 bits per heavy atom. The fourth-order valence-corrected chi connectivity index (χ4v) is 11.1. The van der Waals surface area contributed by atoms with Crippen molar-refractivity contribution in [3.8, 4) is 5.75 Å². The third-order valence-corrected chi connectivity index (χ3v) is 17.7. The van der Waals surface area contributed by atoms with E-state index in [9.17, 15) is 4.79 Å². The predicted molar refractivity (Wildman–Crippen MR) is 156 cm³/mol. The molecule has 0 N–H and O–H groups in total. The summed E-state index contributed by atoms with van der Waals surface area (Å²) in [7, 11) is -2.02. The Kier molecular flexibility index (Phi) is 14.7. The lowest BCUT2D eigenvalue weighted by Gasteiger charge is -2.40. The van der Waals surface area contributed by atoms with Crippen LogP contribution in [-0.4, -0.2) is 47.8 Å². The second kappa shape index (κ2) is 16.1. The Bertz CT molecular complexity index is 730. The molecule has 0 aliphatic heterocycles. The van der Waals surface area contributed by atoms with Gasteiger partial charge >= 0.3 is 0 Å². The number of hydrogen-bond donors (Lipinski definition) is 0. The predicted octanol–water partition coefficient (Wildman–Crippen LogP) is 8.00. The number of ketones is 1. The number of carbonyl (C=O) groups excluding carboxylic acids is 1. The molecule has 4 unspecified atom stereocenters. The standard InChI is InChI=1S/C29H54O5Si2/c1-11-35(12-2,13-3)33-24(8)21-23(7)28(34-36(14-4,15-5)16-6)29(25(9)30)32-22-26-17-19-27(31-10)20-18-26/h17-20,23-24,28-29H,11-16,21-22H2,1-10H3. The van der Waals surface area contributed by atoms with Crippen molar-refractivity contribution in [2.75, 3.05) is 7.11 Å². The molecule has 208 valence electrons. The van der Waals surface area contributed by atoms with Crippen molar-refractivity contribution in [1.29, 1.82) is 0 Å². The summed E-state index contributed by atoms with van der Waals surface area (Å²) in [6, 6.07) is 14.3. The quantitative estimate of drug-likeness (QED) is 0.167. The Labute approximate surface area is 223 Å². The monoisotopic (exact) mass is 538 g/mol. The van der Waals surface area contributed by atoms with Gasteiger partial charge in [-0.2, -0.15) is 0 Å². The van der Waals surface area contributed by atoms with Gasteiger partial charge in [-0.1, -0.05) is 60.6 Å². The summed E-state index contributed by atoms with van der Waals surface area (Å²) in [4.78, 5) is 13.0. The summed E-state index contributed by atoms with van der Waals surface area (Å²) in [5, 5.41) is 0. The summed E-state index contributed by atoms with van der Waals surface area (Å²) in [6.45, 7) is 19.9. The number of benzene rings is 1. The number of methoxy groups -OCH3 is 1. The zero-order chi connectivity index (χ0) is 27.4. The fourth-order valence-electron chi connectivity index (χ4n) is 5.25. The Morgan fingerprint density at radius 1 is 0.806 bits per heavy atom. The first-order valence-electron chi connectivity index (χ1n) is 14.2. The summed E-state index contributed by atoms with van der Waals surface area (Å²) in [5.74, 6) is 0.972. The van der Waals surface area contributed by atoms with Crippen LogP contribution in [0.5, 0.6) is 5.75 Å². The van der Waals surface area contributed by atoms with Gasteiger partial charge in [-0.25, -0.2) is 0 Å². The number of ether oxygens (including phenoxy) is 2. The van der Waals surface area contributed by atoms with Crippen molar-refractivity contribution in [1.82, 2.24) is 0 Å². The molecule has 0 heterocycles. The minimum Gasteiger partial charge on any atom is -0.497 e. The minimum absolute atomic E-state index is 0.0274. The minimum atomic E-state index is -1.97. The van der Waals surface area contributed by atoms with Crippen LogP contribution < -0.4 is 4.74 Å². The van der Waals surface area contributed by atoms with E-state index in [1.54, 1.807) is 14.0 Å². The van der Waals surface area contributed by atoms with Crippen molar-refractivity contribution < 1.29 is 23.1 Å². The molecule has 1 aromatic rings. The second-order valence-electron chi connectivity index (χ2n) is 10.4. The van der Waals surface area contributed by atoms with Gasteiger partial charge in [-0.15, -0.1) is 0 Å².